The van der Waals surface area contributed by atoms with Gasteiger partial charge in [0.05, 0.1) is 6.04 Å². The number of aliphatic imine (C=N–C) groups is 1. The van der Waals surface area contributed by atoms with Gasteiger partial charge in [0.2, 0.25) is 6.08 Å². The molecule has 0 rings (SSSR count). The third kappa shape index (κ3) is 6.46. The summed E-state index contributed by atoms with van der Waals surface area (Å²) in [6, 6.07) is -0.0967. The van der Waals surface area contributed by atoms with E-state index in [0.717, 1.165) is 0 Å². The van der Waals surface area contributed by atoms with Crippen LogP contribution < -0.4 is 0 Å². The highest BCUT2D eigenvalue weighted by atomic mass is 16.7. The van der Waals surface area contributed by atoms with E-state index in [1.54, 1.807) is 0 Å². The van der Waals surface area contributed by atoms with E-state index in [4.69, 9.17) is 9.47 Å². The molecule has 0 saturated carbocycles. The molecule has 0 saturated heterocycles. The summed E-state index contributed by atoms with van der Waals surface area (Å²) in [6.07, 6.45) is 1.85. The average molecular weight is 187 g/mol. The molecular weight excluding hydrogens is 170 g/mol. The molecule has 13 heavy (non-hydrogen) atoms. The van der Waals surface area contributed by atoms with E-state index in [0.29, 0.717) is 19.6 Å². The summed E-state index contributed by atoms with van der Waals surface area (Å²) in [6.45, 7) is 6.83. The number of hydrogen-bond donors (Lipinski definition) is 0. The SMILES string of the molecule is CCOC(CC(C)N=C=O)OCC. The minimum absolute atomic E-state index is 0.0967. The Balaban J connectivity index is 3.84. The zero-order valence-corrected chi connectivity index (χ0v) is 8.45. The summed E-state index contributed by atoms with van der Waals surface area (Å²) < 4.78 is 10.6. The van der Waals surface area contributed by atoms with Crippen molar-refractivity contribution in [3.05, 3.63) is 0 Å². The highest BCUT2D eigenvalue weighted by molar-refractivity contribution is 5.33. The Bertz CT molecular complexity index is 160. The van der Waals surface area contributed by atoms with Gasteiger partial charge in [-0.25, -0.2) is 9.79 Å². The first-order valence-corrected chi connectivity index (χ1v) is 4.54. The van der Waals surface area contributed by atoms with Crippen LogP contribution in [0.1, 0.15) is 27.2 Å². The van der Waals surface area contributed by atoms with Crippen molar-refractivity contribution in [2.75, 3.05) is 13.2 Å². The Morgan fingerprint density at radius 3 is 2.23 bits per heavy atom. The van der Waals surface area contributed by atoms with Gasteiger partial charge in [0, 0.05) is 19.6 Å². The number of isocyanates is 1. The van der Waals surface area contributed by atoms with Crippen LogP contribution in [0.4, 0.5) is 0 Å². The molecule has 0 N–H and O–H groups in total. The molecule has 0 fully saturated rings. The molecule has 0 amide bonds. The third-order valence-electron chi connectivity index (χ3n) is 1.51. The predicted molar refractivity (Wildman–Crippen MR) is 49.2 cm³/mol. The van der Waals surface area contributed by atoms with Crippen LogP contribution >= 0.6 is 0 Å². The maximum Gasteiger partial charge on any atom is 0.235 e. The Kier molecular flexibility index (Phi) is 7.50. The molecule has 0 radical (unpaired) electrons. The number of ether oxygens (including phenoxy) is 2. The first kappa shape index (κ1) is 12.3. The highest BCUT2D eigenvalue weighted by Crippen LogP contribution is 2.06. The van der Waals surface area contributed by atoms with Gasteiger partial charge in [-0.1, -0.05) is 0 Å². The van der Waals surface area contributed by atoms with E-state index in [2.05, 4.69) is 4.99 Å². The van der Waals surface area contributed by atoms with Gasteiger partial charge >= 0.3 is 0 Å². The largest absolute Gasteiger partial charge is 0.353 e. The van der Waals surface area contributed by atoms with Crippen LogP contribution in [-0.2, 0) is 14.3 Å². The second-order valence-electron chi connectivity index (χ2n) is 2.65. The zero-order valence-electron chi connectivity index (χ0n) is 8.45. The molecule has 0 spiro atoms. The van der Waals surface area contributed by atoms with Crippen molar-refractivity contribution in [1.82, 2.24) is 0 Å². The van der Waals surface area contributed by atoms with Crippen LogP contribution in [0.15, 0.2) is 4.99 Å². The van der Waals surface area contributed by atoms with Crippen LogP contribution in [0.3, 0.4) is 0 Å². The Hall–Kier alpha value is -0.700. The van der Waals surface area contributed by atoms with Crippen molar-refractivity contribution in [3.8, 4) is 0 Å². The highest BCUT2D eigenvalue weighted by Gasteiger charge is 2.11. The summed E-state index contributed by atoms with van der Waals surface area (Å²) >= 11 is 0. The number of rotatable bonds is 7. The van der Waals surface area contributed by atoms with Crippen LogP contribution in [0, 0.1) is 0 Å². The number of hydrogen-bond acceptors (Lipinski definition) is 4. The summed E-state index contributed by atoms with van der Waals surface area (Å²) in [5.41, 5.74) is 0. The van der Waals surface area contributed by atoms with Gasteiger partial charge in [0.1, 0.15) is 0 Å². The Morgan fingerprint density at radius 2 is 1.85 bits per heavy atom. The first-order valence-electron chi connectivity index (χ1n) is 4.54. The van der Waals surface area contributed by atoms with Crippen LogP contribution in [0.25, 0.3) is 0 Å². The fourth-order valence-corrected chi connectivity index (χ4v) is 0.977. The Morgan fingerprint density at radius 1 is 1.31 bits per heavy atom. The molecule has 0 aliphatic carbocycles. The van der Waals surface area contributed by atoms with E-state index in [9.17, 15) is 4.79 Å². The van der Waals surface area contributed by atoms with Crippen molar-refractivity contribution < 1.29 is 14.3 Å². The molecule has 4 heteroatoms. The smallest absolute Gasteiger partial charge is 0.235 e. The fraction of sp³-hybridized carbons (Fsp3) is 0.889. The second kappa shape index (κ2) is 7.92. The molecule has 0 bridgehead atoms. The maximum absolute atomic E-state index is 9.94. The molecule has 0 aromatic heterocycles. The summed E-state index contributed by atoms with van der Waals surface area (Å²) in [7, 11) is 0. The summed E-state index contributed by atoms with van der Waals surface area (Å²) in [5.74, 6) is 0. The molecule has 1 atom stereocenters. The van der Waals surface area contributed by atoms with Crippen molar-refractivity contribution >= 4 is 6.08 Å². The number of nitrogens with zero attached hydrogens (tertiary/aromatic N) is 1. The van der Waals surface area contributed by atoms with E-state index in [1.165, 1.54) is 6.08 Å². The monoisotopic (exact) mass is 187 g/mol. The normalized spacial score (nSPS) is 12.6. The molecule has 1 unspecified atom stereocenters. The quantitative estimate of drug-likeness (QED) is 0.345. The molecule has 0 heterocycles. The molecule has 76 valence electrons. The van der Waals surface area contributed by atoms with Crippen LogP contribution in [0.2, 0.25) is 0 Å². The summed E-state index contributed by atoms with van der Waals surface area (Å²) in [5, 5.41) is 0. The third-order valence-corrected chi connectivity index (χ3v) is 1.51. The maximum atomic E-state index is 9.94. The van der Waals surface area contributed by atoms with Gasteiger partial charge in [0.15, 0.2) is 6.29 Å². The molecule has 0 aromatic carbocycles. The van der Waals surface area contributed by atoms with E-state index < -0.39 is 0 Å². The second-order valence-corrected chi connectivity index (χ2v) is 2.65. The lowest BCUT2D eigenvalue weighted by atomic mass is 10.2. The molecular formula is C9H17NO3. The lowest BCUT2D eigenvalue weighted by Crippen LogP contribution is -2.21. The van der Waals surface area contributed by atoms with Gasteiger partial charge in [-0.05, 0) is 20.8 Å². The lowest BCUT2D eigenvalue weighted by Gasteiger charge is -2.17. The van der Waals surface area contributed by atoms with Gasteiger partial charge in [0.25, 0.3) is 0 Å². The predicted octanol–water partition coefficient (Wildman–Crippen LogP) is 1.50. The topological polar surface area (TPSA) is 47.9 Å². The zero-order chi connectivity index (χ0) is 10.1. The van der Waals surface area contributed by atoms with Gasteiger partial charge < -0.3 is 9.47 Å². The number of carbonyl (C=O) groups excluding carboxylic acids is 1. The van der Waals surface area contributed by atoms with Crippen molar-refractivity contribution in [1.29, 1.82) is 0 Å². The Labute approximate surface area is 78.9 Å². The minimum atomic E-state index is -0.262. The van der Waals surface area contributed by atoms with Crippen LogP contribution in [-0.4, -0.2) is 31.6 Å². The molecule has 0 aliphatic heterocycles. The first-order chi connectivity index (χ1) is 6.24. The van der Waals surface area contributed by atoms with Gasteiger partial charge in [-0.15, -0.1) is 0 Å². The summed E-state index contributed by atoms with van der Waals surface area (Å²) in [4.78, 5) is 13.5. The van der Waals surface area contributed by atoms with Crippen molar-refractivity contribution in [3.63, 3.8) is 0 Å². The van der Waals surface area contributed by atoms with E-state index in [-0.39, 0.29) is 12.3 Å². The van der Waals surface area contributed by atoms with E-state index in [1.807, 2.05) is 20.8 Å². The van der Waals surface area contributed by atoms with Crippen molar-refractivity contribution in [2.24, 2.45) is 4.99 Å². The minimum Gasteiger partial charge on any atom is -0.353 e. The standard InChI is InChI=1S/C9H17NO3/c1-4-12-9(13-5-2)6-8(3)10-7-11/h8-9H,4-6H2,1-3H3. The van der Waals surface area contributed by atoms with E-state index >= 15 is 0 Å². The molecule has 0 aliphatic rings. The fourth-order valence-electron chi connectivity index (χ4n) is 0.977. The molecule has 4 nitrogen and oxygen atoms in total. The van der Waals surface area contributed by atoms with Crippen molar-refractivity contribution in [2.45, 2.75) is 39.5 Å². The molecule has 0 aromatic rings. The van der Waals surface area contributed by atoms with Gasteiger partial charge in [-0.2, -0.15) is 0 Å². The lowest BCUT2D eigenvalue weighted by molar-refractivity contribution is -0.141. The van der Waals surface area contributed by atoms with Crippen LogP contribution in [0.5, 0.6) is 0 Å². The van der Waals surface area contributed by atoms with Gasteiger partial charge in [-0.3, -0.25) is 0 Å². The average Bonchev–Trinajstić information content (AvgIpc) is 2.05.